The molecule has 1 unspecified atom stereocenters. The van der Waals surface area contributed by atoms with E-state index < -0.39 is 6.04 Å². The van der Waals surface area contributed by atoms with E-state index in [4.69, 9.17) is 6.58 Å². The van der Waals surface area contributed by atoms with Gasteiger partial charge in [0.2, 0.25) is 0 Å². The van der Waals surface area contributed by atoms with Crippen molar-refractivity contribution in [3.8, 4) is 0 Å². The fraction of sp³-hybridized carbons (Fsp3) is 0.412. The molecule has 0 aliphatic carbocycles. The molecule has 1 heterocycles. The third-order valence-corrected chi connectivity index (χ3v) is 4.83. The van der Waals surface area contributed by atoms with Gasteiger partial charge in [-0.3, -0.25) is 6.58 Å². The van der Waals surface area contributed by atoms with Gasteiger partial charge in [0.25, 0.3) is 0 Å². The van der Waals surface area contributed by atoms with E-state index in [-0.39, 0.29) is 25.4 Å². The zero-order chi connectivity index (χ0) is 17.9. The van der Waals surface area contributed by atoms with Crippen LogP contribution in [0.25, 0.3) is 6.08 Å². The summed E-state index contributed by atoms with van der Waals surface area (Å²) < 4.78 is 9.08. The van der Waals surface area contributed by atoms with Crippen LogP contribution in [0.4, 0.5) is 5.69 Å². The Bertz CT molecular complexity index is 524. The summed E-state index contributed by atoms with van der Waals surface area (Å²) in [5, 5.41) is 3.03. The van der Waals surface area contributed by atoms with E-state index in [1.54, 1.807) is 30.8 Å². The van der Waals surface area contributed by atoms with Crippen LogP contribution in [0.1, 0.15) is 12.5 Å². The predicted molar refractivity (Wildman–Crippen MR) is 105 cm³/mol. The minimum Gasteiger partial charge on any atom is -0.467 e. The molecule has 1 N–H and O–H groups in total. The number of ether oxygens (including phenoxy) is 1. The molecule has 25 heavy (non-hydrogen) atoms. The number of carbonyl (C=O) groups excluding carboxylic acids is 1. The van der Waals surface area contributed by atoms with Crippen LogP contribution >= 0.6 is 23.9 Å². The van der Waals surface area contributed by atoms with Gasteiger partial charge in [0.05, 0.1) is 7.11 Å². The number of carbonyl (C=O) groups is 1. The number of hydrogen-bond acceptors (Lipinski definition) is 7. The van der Waals surface area contributed by atoms with Crippen LogP contribution in [0.3, 0.4) is 0 Å². The van der Waals surface area contributed by atoms with E-state index >= 15 is 0 Å². The van der Waals surface area contributed by atoms with Crippen LogP contribution in [0.2, 0.25) is 0 Å². The number of para-hydroxylation sites is 1. The van der Waals surface area contributed by atoms with Crippen molar-refractivity contribution in [2.24, 2.45) is 0 Å². The van der Waals surface area contributed by atoms with Crippen LogP contribution in [-0.2, 0) is 29.0 Å². The number of hydrogen-bond donors (Lipinski definition) is 1. The number of esters is 1. The van der Waals surface area contributed by atoms with Crippen molar-refractivity contribution in [2.75, 3.05) is 38.0 Å². The molecule has 1 aliphatic heterocycles. The van der Waals surface area contributed by atoms with Gasteiger partial charge in [0.1, 0.15) is 6.04 Å². The first-order chi connectivity index (χ1) is 11.5. The van der Waals surface area contributed by atoms with E-state index in [1.165, 1.54) is 13.2 Å². The summed E-state index contributed by atoms with van der Waals surface area (Å²) in [6.45, 7) is 11.6. The number of rotatable bonds is 6. The van der Waals surface area contributed by atoms with Crippen molar-refractivity contribution in [3.63, 3.8) is 0 Å². The largest absolute Gasteiger partial charge is 2.00 e. The monoisotopic (exact) mass is 469 g/mol. The standard InChI is InChI=1S/C12H14NO2.C5H11N2S2.Ru/c1-4-10-7-5-6-8-11(10)13-9(2)12(14)15-3;1-8-6-3-4-7(5-6)9-2;/h1,4-9,13H,2-3H3;5H,3-4H2,1-2H3;/q2*-1;+2. The average Bonchev–Trinajstić information content (AvgIpc) is 3.10. The van der Waals surface area contributed by atoms with Gasteiger partial charge >= 0.3 is 25.4 Å². The Morgan fingerprint density at radius 3 is 2.32 bits per heavy atom. The van der Waals surface area contributed by atoms with Crippen LogP contribution in [0.15, 0.2) is 24.3 Å². The fourth-order valence-corrected chi connectivity index (χ4v) is 2.98. The normalized spacial score (nSPS) is 15.4. The summed E-state index contributed by atoms with van der Waals surface area (Å²) in [4.78, 5) is 11.2. The zero-order valence-corrected chi connectivity index (χ0v) is 18.3. The maximum Gasteiger partial charge on any atom is 2.00 e. The van der Waals surface area contributed by atoms with Crippen molar-refractivity contribution < 1.29 is 29.0 Å². The second kappa shape index (κ2) is 13.6. The smallest absolute Gasteiger partial charge is 0.467 e. The molecule has 1 saturated heterocycles. The molecule has 8 heteroatoms. The van der Waals surface area contributed by atoms with Crippen LogP contribution in [0.5, 0.6) is 0 Å². The van der Waals surface area contributed by atoms with Crippen LogP contribution in [-0.4, -0.2) is 53.3 Å². The van der Waals surface area contributed by atoms with E-state index in [0.717, 1.165) is 24.3 Å². The molecule has 140 valence electrons. The van der Waals surface area contributed by atoms with Crippen molar-refractivity contribution in [2.45, 2.75) is 13.0 Å². The van der Waals surface area contributed by atoms with Gasteiger partial charge in [-0.15, -0.1) is 30.0 Å². The molecule has 0 amide bonds. The number of methoxy groups -OCH3 is 1. The van der Waals surface area contributed by atoms with E-state index in [1.807, 2.05) is 24.3 Å². The average molecular weight is 469 g/mol. The molecule has 1 atom stereocenters. The van der Waals surface area contributed by atoms with E-state index in [0.29, 0.717) is 0 Å². The molecule has 0 bridgehead atoms. The molecule has 1 aromatic carbocycles. The summed E-state index contributed by atoms with van der Waals surface area (Å²) in [7, 11) is 1.36. The Balaban J connectivity index is 0.000000495. The fourth-order valence-electron chi connectivity index (χ4n) is 1.98. The third kappa shape index (κ3) is 8.60. The summed E-state index contributed by atoms with van der Waals surface area (Å²) in [6, 6.07) is 7.09. The summed E-state index contributed by atoms with van der Waals surface area (Å²) in [6.07, 6.45) is 5.69. The molecule has 0 spiro atoms. The van der Waals surface area contributed by atoms with Crippen molar-refractivity contribution in [3.05, 3.63) is 43.1 Å². The minimum atomic E-state index is -0.393. The first-order valence-electron chi connectivity index (χ1n) is 7.50. The Labute approximate surface area is 173 Å². The summed E-state index contributed by atoms with van der Waals surface area (Å²) >= 11 is 3.55. The van der Waals surface area contributed by atoms with Gasteiger partial charge in [0.15, 0.2) is 0 Å². The van der Waals surface area contributed by atoms with Gasteiger partial charge in [-0.2, -0.15) is 12.2 Å². The molecule has 1 aliphatic rings. The Morgan fingerprint density at radius 1 is 1.32 bits per heavy atom. The van der Waals surface area contributed by atoms with Gasteiger partial charge in [-0.1, -0.05) is 18.2 Å². The molecule has 1 fully saturated rings. The molecular formula is C17H25N3O2RuS2. The topological polar surface area (TPSA) is 44.8 Å². The number of nitrogens with one attached hydrogen (secondary N) is 1. The molecule has 0 saturated carbocycles. The maximum absolute atomic E-state index is 11.2. The number of benzene rings is 1. The molecule has 2 rings (SSSR count). The van der Waals surface area contributed by atoms with Gasteiger partial charge in [-0.05, 0) is 38.2 Å². The van der Waals surface area contributed by atoms with E-state index in [2.05, 4.69) is 37.8 Å². The van der Waals surface area contributed by atoms with Crippen LogP contribution in [0, 0.1) is 13.2 Å². The number of anilines is 1. The number of nitrogens with zero attached hydrogens (tertiary/aromatic N) is 2. The predicted octanol–water partition coefficient (Wildman–Crippen LogP) is 3.38. The second-order valence-corrected chi connectivity index (χ2v) is 6.57. The maximum atomic E-state index is 11.2. The van der Waals surface area contributed by atoms with Gasteiger partial charge in [0, 0.05) is 0 Å². The summed E-state index contributed by atoms with van der Waals surface area (Å²) in [5.41, 5.74) is 1.67. The quantitative estimate of drug-likeness (QED) is 0.297. The second-order valence-electron chi connectivity index (χ2n) is 4.91. The van der Waals surface area contributed by atoms with Crippen molar-refractivity contribution in [1.82, 2.24) is 8.61 Å². The molecule has 1 aromatic rings. The Morgan fingerprint density at radius 2 is 1.88 bits per heavy atom. The van der Waals surface area contributed by atoms with Crippen molar-refractivity contribution in [1.29, 1.82) is 0 Å². The summed E-state index contributed by atoms with van der Waals surface area (Å²) in [5.74, 6) is -0.304. The van der Waals surface area contributed by atoms with Gasteiger partial charge in [-0.25, -0.2) is 10.9 Å². The molecule has 5 nitrogen and oxygen atoms in total. The SMILES string of the molecule is CSN1[CH-]N(SC)CC1.[CH-]=Cc1ccccc1NC(C)C(=O)OC.[Ru+2]. The molecule has 0 radical (unpaired) electrons. The van der Waals surface area contributed by atoms with Gasteiger partial charge < -0.3 is 18.7 Å². The van der Waals surface area contributed by atoms with Crippen molar-refractivity contribution >= 4 is 41.6 Å². The Kier molecular flexibility index (Phi) is 13.4. The van der Waals surface area contributed by atoms with Crippen LogP contribution < -0.4 is 5.32 Å². The minimum absolute atomic E-state index is 0. The zero-order valence-electron chi connectivity index (χ0n) is 14.9. The first-order valence-corrected chi connectivity index (χ1v) is 9.86. The molecular weight excluding hydrogens is 443 g/mol. The Hall–Kier alpha value is -0.527. The molecule has 0 aromatic heterocycles. The third-order valence-electron chi connectivity index (χ3n) is 3.33. The van der Waals surface area contributed by atoms with E-state index in [9.17, 15) is 4.79 Å². The first kappa shape index (κ1) is 24.5.